The lowest BCUT2D eigenvalue weighted by Gasteiger charge is -2.07. The van der Waals surface area contributed by atoms with Crippen molar-refractivity contribution in [2.45, 2.75) is 31.3 Å². The summed E-state index contributed by atoms with van der Waals surface area (Å²) < 4.78 is 27.7. The van der Waals surface area contributed by atoms with Crippen LogP contribution in [0.15, 0.2) is 47.6 Å². The van der Waals surface area contributed by atoms with Gasteiger partial charge in [-0.3, -0.25) is 0 Å². The van der Waals surface area contributed by atoms with Gasteiger partial charge < -0.3 is 9.88 Å². The van der Waals surface area contributed by atoms with E-state index >= 15 is 0 Å². The number of hydrogen-bond acceptors (Lipinski definition) is 3. The van der Waals surface area contributed by atoms with Gasteiger partial charge in [0.25, 0.3) is 0 Å². The van der Waals surface area contributed by atoms with Crippen LogP contribution >= 0.6 is 0 Å². The van der Waals surface area contributed by atoms with E-state index in [1.807, 2.05) is 0 Å². The van der Waals surface area contributed by atoms with E-state index in [9.17, 15) is 8.42 Å². The monoisotopic (exact) mass is 307 g/mol. The minimum atomic E-state index is -3.37. The van der Waals surface area contributed by atoms with E-state index in [-0.39, 0.29) is 4.90 Å². The van der Waals surface area contributed by atoms with Crippen molar-refractivity contribution < 1.29 is 8.42 Å². The molecule has 0 bridgehead atoms. The molecule has 21 heavy (non-hydrogen) atoms. The van der Waals surface area contributed by atoms with Crippen molar-refractivity contribution in [3.63, 3.8) is 0 Å². The zero-order chi connectivity index (χ0) is 15.3. The predicted molar refractivity (Wildman–Crippen MR) is 84.7 cm³/mol. The second-order valence-electron chi connectivity index (χ2n) is 4.84. The molecule has 0 amide bonds. The van der Waals surface area contributed by atoms with E-state index < -0.39 is 10.0 Å². The van der Waals surface area contributed by atoms with E-state index in [2.05, 4.69) is 40.0 Å². The summed E-state index contributed by atoms with van der Waals surface area (Å²) in [6, 6.07) is 8.82. The van der Waals surface area contributed by atoms with Gasteiger partial charge in [-0.1, -0.05) is 6.92 Å². The first-order chi connectivity index (χ1) is 10.0. The van der Waals surface area contributed by atoms with Crippen LogP contribution in [0.1, 0.15) is 18.9 Å². The van der Waals surface area contributed by atoms with E-state index in [0.29, 0.717) is 0 Å². The minimum Gasteiger partial charge on any atom is -0.381 e. The highest BCUT2D eigenvalue weighted by molar-refractivity contribution is 7.89. The number of benzene rings is 1. The largest absolute Gasteiger partial charge is 0.381 e. The third-order valence-corrected chi connectivity index (χ3v) is 4.65. The minimum absolute atomic E-state index is 0.268. The molecular formula is C15H21N3O2S. The zero-order valence-corrected chi connectivity index (χ0v) is 13.2. The third-order valence-electron chi connectivity index (χ3n) is 3.22. The molecular weight excluding hydrogens is 286 g/mol. The molecule has 0 spiro atoms. The van der Waals surface area contributed by atoms with Gasteiger partial charge in [0.1, 0.15) is 0 Å². The fourth-order valence-electron chi connectivity index (χ4n) is 2.07. The molecule has 0 atom stereocenters. The Bertz CT molecular complexity index is 675. The molecule has 0 unspecified atom stereocenters. The Hall–Kier alpha value is -1.79. The van der Waals surface area contributed by atoms with Gasteiger partial charge in [0.2, 0.25) is 10.0 Å². The van der Waals surface area contributed by atoms with Gasteiger partial charge in [0.15, 0.2) is 0 Å². The van der Waals surface area contributed by atoms with Crippen LogP contribution in [0, 0.1) is 0 Å². The first kappa shape index (κ1) is 15.6. The van der Waals surface area contributed by atoms with Crippen LogP contribution in [0.2, 0.25) is 0 Å². The molecule has 0 fully saturated rings. The van der Waals surface area contributed by atoms with Gasteiger partial charge in [-0.2, -0.15) is 0 Å². The second kappa shape index (κ2) is 6.78. The van der Waals surface area contributed by atoms with Crippen molar-refractivity contribution in [2.24, 2.45) is 0 Å². The Morgan fingerprint density at radius 2 is 1.86 bits per heavy atom. The Kier molecular flexibility index (Phi) is 5.03. The topological polar surface area (TPSA) is 63.1 Å². The number of nitrogens with one attached hydrogen (secondary N) is 2. The van der Waals surface area contributed by atoms with Crippen molar-refractivity contribution in [3.05, 3.63) is 48.3 Å². The average Bonchev–Trinajstić information content (AvgIpc) is 2.94. The molecule has 0 radical (unpaired) electrons. The third kappa shape index (κ3) is 4.09. The SMILES string of the molecule is CCCn1ccc(CNc2ccc(S(=O)(=O)NC)cc2)c1. The maximum absolute atomic E-state index is 11.6. The molecule has 5 nitrogen and oxygen atoms in total. The van der Waals surface area contributed by atoms with E-state index in [1.54, 1.807) is 24.3 Å². The number of aromatic nitrogens is 1. The summed E-state index contributed by atoms with van der Waals surface area (Å²) in [5, 5.41) is 3.28. The Morgan fingerprint density at radius 3 is 2.48 bits per heavy atom. The van der Waals surface area contributed by atoms with Crippen molar-refractivity contribution in [1.82, 2.24) is 9.29 Å². The van der Waals surface area contributed by atoms with Crippen molar-refractivity contribution >= 4 is 15.7 Å². The molecule has 0 saturated carbocycles. The number of rotatable bonds is 7. The molecule has 0 aliphatic carbocycles. The van der Waals surface area contributed by atoms with E-state index in [0.717, 1.165) is 25.2 Å². The molecule has 1 aromatic heterocycles. The molecule has 1 aromatic carbocycles. The summed E-state index contributed by atoms with van der Waals surface area (Å²) in [7, 11) is -1.96. The van der Waals surface area contributed by atoms with Crippen molar-refractivity contribution in [1.29, 1.82) is 0 Å². The summed E-state index contributed by atoms with van der Waals surface area (Å²) in [6.07, 6.45) is 5.31. The summed E-state index contributed by atoms with van der Waals surface area (Å²) in [6.45, 7) is 3.89. The standard InChI is InChI=1S/C15H21N3O2S/c1-3-9-18-10-8-13(12-18)11-17-14-4-6-15(7-5-14)21(19,20)16-2/h4-8,10,12,16-17H,3,9,11H2,1-2H3. The number of anilines is 1. The number of nitrogens with zero attached hydrogens (tertiary/aromatic N) is 1. The van der Waals surface area contributed by atoms with E-state index in [4.69, 9.17) is 0 Å². The fourth-order valence-corrected chi connectivity index (χ4v) is 2.80. The quantitative estimate of drug-likeness (QED) is 0.826. The van der Waals surface area contributed by atoms with Crippen LogP contribution in [0.4, 0.5) is 5.69 Å². The highest BCUT2D eigenvalue weighted by atomic mass is 32.2. The Balaban J connectivity index is 1.97. The molecule has 1 heterocycles. The lowest BCUT2D eigenvalue weighted by atomic mass is 10.3. The van der Waals surface area contributed by atoms with Crippen LogP contribution in [0.3, 0.4) is 0 Å². The lowest BCUT2D eigenvalue weighted by Crippen LogP contribution is -2.18. The molecule has 0 saturated heterocycles. The molecule has 0 aliphatic rings. The smallest absolute Gasteiger partial charge is 0.240 e. The van der Waals surface area contributed by atoms with Crippen molar-refractivity contribution in [3.8, 4) is 0 Å². The number of aryl methyl sites for hydroxylation is 1. The zero-order valence-electron chi connectivity index (χ0n) is 12.3. The van der Waals surface area contributed by atoms with Gasteiger partial charge in [-0.15, -0.1) is 0 Å². The highest BCUT2D eigenvalue weighted by Crippen LogP contribution is 2.15. The summed E-state index contributed by atoms with van der Waals surface area (Å²) in [5.74, 6) is 0. The number of sulfonamides is 1. The van der Waals surface area contributed by atoms with Gasteiger partial charge in [0.05, 0.1) is 4.90 Å². The molecule has 0 aliphatic heterocycles. The first-order valence-corrected chi connectivity index (χ1v) is 8.45. The average molecular weight is 307 g/mol. The van der Waals surface area contributed by atoms with Crippen LogP contribution in [-0.4, -0.2) is 20.0 Å². The maximum atomic E-state index is 11.6. The first-order valence-electron chi connectivity index (χ1n) is 6.97. The van der Waals surface area contributed by atoms with Crippen molar-refractivity contribution in [2.75, 3.05) is 12.4 Å². The Morgan fingerprint density at radius 1 is 1.14 bits per heavy atom. The van der Waals surface area contributed by atoms with Crippen LogP contribution in [0.25, 0.3) is 0 Å². The Labute approximate surface area is 126 Å². The molecule has 2 N–H and O–H groups in total. The van der Waals surface area contributed by atoms with Crippen LogP contribution in [-0.2, 0) is 23.1 Å². The lowest BCUT2D eigenvalue weighted by molar-refractivity contribution is 0.588. The summed E-state index contributed by atoms with van der Waals surface area (Å²) in [4.78, 5) is 0.268. The van der Waals surface area contributed by atoms with Crippen LogP contribution in [0.5, 0.6) is 0 Å². The maximum Gasteiger partial charge on any atom is 0.240 e. The molecule has 114 valence electrons. The molecule has 2 aromatic rings. The molecule has 6 heteroatoms. The van der Waals surface area contributed by atoms with Gasteiger partial charge >= 0.3 is 0 Å². The van der Waals surface area contributed by atoms with Gasteiger partial charge in [0, 0.05) is 31.2 Å². The summed E-state index contributed by atoms with van der Waals surface area (Å²) in [5.41, 5.74) is 2.10. The predicted octanol–water partition coefficient (Wildman–Crippen LogP) is 2.42. The van der Waals surface area contributed by atoms with E-state index in [1.165, 1.54) is 12.6 Å². The normalized spacial score (nSPS) is 11.5. The van der Waals surface area contributed by atoms with Gasteiger partial charge in [-0.05, 0) is 49.4 Å². The second-order valence-corrected chi connectivity index (χ2v) is 6.73. The van der Waals surface area contributed by atoms with Crippen LogP contribution < -0.4 is 10.0 Å². The fraction of sp³-hybridized carbons (Fsp3) is 0.333. The summed E-state index contributed by atoms with van der Waals surface area (Å²) >= 11 is 0. The number of hydrogen-bond donors (Lipinski definition) is 2. The van der Waals surface area contributed by atoms with Gasteiger partial charge in [-0.25, -0.2) is 13.1 Å². The highest BCUT2D eigenvalue weighted by Gasteiger charge is 2.10. The molecule has 2 rings (SSSR count).